The van der Waals surface area contributed by atoms with Crippen molar-refractivity contribution < 1.29 is 9.59 Å². The second-order valence-electron chi connectivity index (χ2n) is 7.92. The lowest BCUT2D eigenvalue weighted by atomic mass is 9.92. The van der Waals surface area contributed by atoms with E-state index in [-0.39, 0.29) is 17.7 Å². The highest BCUT2D eigenvalue weighted by Gasteiger charge is 2.35. The molecule has 4 rings (SSSR count). The Kier molecular flexibility index (Phi) is 6.11. The Labute approximate surface area is 182 Å². The molecule has 7 nitrogen and oxygen atoms in total. The summed E-state index contributed by atoms with van der Waals surface area (Å²) in [5.74, 6) is 0.428. The normalized spacial score (nSPS) is 16.5. The summed E-state index contributed by atoms with van der Waals surface area (Å²) in [4.78, 5) is 32.5. The second kappa shape index (κ2) is 9.12. The Balaban J connectivity index is 1.54. The van der Waals surface area contributed by atoms with Crippen LogP contribution in [0.1, 0.15) is 37.0 Å². The lowest BCUT2D eigenvalue weighted by Crippen LogP contribution is -2.53. The average Bonchev–Trinajstić information content (AvgIpc) is 3.35. The smallest absolute Gasteiger partial charge is 0.243 e. The van der Waals surface area contributed by atoms with Crippen LogP contribution in [0.25, 0.3) is 5.82 Å². The molecular weight excluding hydrogens is 390 g/mol. The first-order valence-electron chi connectivity index (χ1n) is 10.7. The van der Waals surface area contributed by atoms with Crippen LogP contribution in [0, 0.1) is 5.92 Å². The van der Waals surface area contributed by atoms with Crippen molar-refractivity contribution in [2.24, 2.45) is 5.92 Å². The Bertz CT molecular complexity index is 1060. The molecule has 1 N–H and O–H groups in total. The van der Waals surface area contributed by atoms with E-state index in [9.17, 15) is 9.59 Å². The van der Waals surface area contributed by atoms with E-state index in [1.807, 2.05) is 62.5 Å². The highest BCUT2D eigenvalue weighted by atomic mass is 16.2. The van der Waals surface area contributed by atoms with Gasteiger partial charge in [-0.2, -0.15) is 5.10 Å². The first-order valence-corrected chi connectivity index (χ1v) is 10.7. The van der Waals surface area contributed by atoms with Gasteiger partial charge in [-0.05, 0) is 29.7 Å². The molecule has 3 heterocycles. The number of carbonyl (C=O) groups is 2. The molecule has 31 heavy (non-hydrogen) atoms. The molecule has 0 saturated heterocycles. The first kappa shape index (κ1) is 20.8. The number of amides is 2. The SMILES string of the molecule is CC[C@H](C)C(=O)N1Cc2ccccc2C[C@@H]1C(=O)NCc1cccnc1-n1cccn1. The van der Waals surface area contributed by atoms with Crippen molar-refractivity contribution in [1.29, 1.82) is 0 Å². The number of aromatic nitrogens is 3. The van der Waals surface area contributed by atoms with E-state index in [4.69, 9.17) is 0 Å². The summed E-state index contributed by atoms with van der Waals surface area (Å²) >= 11 is 0. The zero-order valence-corrected chi connectivity index (χ0v) is 17.9. The van der Waals surface area contributed by atoms with E-state index in [0.717, 1.165) is 23.1 Å². The summed E-state index contributed by atoms with van der Waals surface area (Å²) < 4.78 is 1.68. The molecule has 0 unspecified atom stereocenters. The Hall–Kier alpha value is -3.48. The van der Waals surface area contributed by atoms with E-state index in [1.54, 1.807) is 22.0 Å². The van der Waals surface area contributed by atoms with E-state index < -0.39 is 6.04 Å². The fourth-order valence-corrected chi connectivity index (χ4v) is 3.92. The van der Waals surface area contributed by atoms with E-state index >= 15 is 0 Å². The lowest BCUT2D eigenvalue weighted by Gasteiger charge is -2.37. The number of rotatable bonds is 6. The van der Waals surface area contributed by atoms with Gasteiger partial charge in [-0.1, -0.05) is 44.2 Å². The van der Waals surface area contributed by atoms with Crippen molar-refractivity contribution >= 4 is 11.8 Å². The van der Waals surface area contributed by atoms with Crippen LogP contribution >= 0.6 is 0 Å². The second-order valence-corrected chi connectivity index (χ2v) is 7.92. The van der Waals surface area contributed by atoms with Gasteiger partial charge in [-0.25, -0.2) is 9.67 Å². The van der Waals surface area contributed by atoms with E-state index in [1.165, 1.54) is 0 Å². The predicted molar refractivity (Wildman–Crippen MR) is 117 cm³/mol. The third kappa shape index (κ3) is 4.35. The van der Waals surface area contributed by atoms with Gasteiger partial charge in [0.05, 0.1) is 0 Å². The van der Waals surface area contributed by atoms with Crippen molar-refractivity contribution in [1.82, 2.24) is 25.0 Å². The molecule has 2 aromatic heterocycles. The van der Waals surface area contributed by atoms with Gasteiger partial charge in [-0.3, -0.25) is 9.59 Å². The minimum atomic E-state index is -0.527. The maximum Gasteiger partial charge on any atom is 0.243 e. The molecule has 0 bridgehead atoms. The fourth-order valence-electron chi connectivity index (χ4n) is 3.92. The summed E-state index contributed by atoms with van der Waals surface area (Å²) in [6.07, 6.45) is 6.47. The number of benzene rings is 1. The molecule has 0 fully saturated rings. The van der Waals surface area contributed by atoms with Gasteiger partial charge in [-0.15, -0.1) is 0 Å². The summed E-state index contributed by atoms with van der Waals surface area (Å²) in [5, 5.41) is 7.27. The highest BCUT2D eigenvalue weighted by Crippen LogP contribution is 2.26. The number of pyridine rings is 1. The van der Waals surface area contributed by atoms with Gasteiger partial charge in [0.15, 0.2) is 5.82 Å². The summed E-state index contributed by atoms with van der Waals surface area (Å²) in [6, 6.07) is 13.1. The van der Waals surface area contributed by atoms with Crippen molar-refractivity contribution in [3.63, 3.8) is 0 Å². The van der Waals surface area contributed by atoms with Gasteiger partial charge in [0.25, 0.3) is 0 Å². The lowest BCUT2D eigenvalue weighted by molar-refractivity contribution is -0.144. The molecule has 0 saturated carbocycles. The molecule has 1 aromatic carbocycles. The van der Waals surface area contributed by atoms with E-state index in [2.05, 4.69) is 15.4 Å². The van der Waals surface area contributed by atoms with Gasteiger partial charge in [0.2, 0.25) is 11.8 Å². The molecule has 2 amide bonds. The number of nitrogens with one attached hydrogen (secondary N) is 1. The zero-order valence-electron chi connectivity index (χ0n) is 17.9. The topological polar surface area (TPSA) is 80.1 Å². The van der Waals surface area contributed by atoms with Crippen LogP contribution in [-0.2, 0) is 29.1 Å². The number of carbonyl (C=O) groups excluding carboxylic acids is 2. The van der Waals surface area contributed by atoms with E-state index in [0.29, 0.717) is 25.3 Å². The van der Waals surface area contributed by atoms with Crippen LogP contribution in [0.5, 0.6) is 0 Å². The van der Waals surface area contributed by atoms with Crippen LogP contribution in [0.4, 0.5) is 0 Å². The standard InChI is InChI=1S/C24H27N5O2/c1-3-17(2)24(31)28-16-20-9-5-4-8-18(20)14-21(28)23(30)26-15-19-10-6-11-25-22(19)29-13-7-12-27-29/h4-13,17,21H,3,14-16H2,1-2H3,(H,26,30)/t17-,21+/m0/s1. The maximum absolute atomic E-state index is 13.3. The maximum atomic E-state index is 13.3. The van der Waals surface area contributed by atoms with Gasteiger partial charge < -0.3 is 10.2 Å². The molecule has 7 heteroatoms. The number of nitrogens with zero attached hydrogens (tertiary/aromatic N) is 4. The van der Waals surface area contributed by atoms with Crippen molar-refractivity contribution in [2.45, 2.75) is 45.8 Å². The minimum absolute atomic E-state index is 0.0239. The average molecular weight is 418 g/mol. The quantitative estimate of drug-likeness (QED) is 0.669. The first-order chi connectivity index (χ1) is 15.1. The highest BCUT2D eigenvalue weighted by molar-refractivity contribution is 5.89. The Morgan fingerprint density at radius 1 is 1.13 bits per heavy atom. The summed E-state index contributed by atoms with van der Waals surface area (Å²) in [7, 11) is 0. The number of hydrogen-bond donors (Lipinski definition) is 1. The van der Waals surface area contributed by atoms with Crippen LogP contribution in [0.3, 0.4) is 0 Å². The Morgan fingerprint density at radius 2 is 1.94 bits per heavy atom. The van der Waals surface area contributed by atoms with Gasteiger partial charge in [0.1, 0.15) is 6.04 Å². The van der Waals surface area contributed by atoms with Crippen LogP contribution < -0.4 is 5.32 Å². The molecule has 3 aromatic rings. The minimum Gasteiger partial charge on any atom is -0.350 e. The third-order valence-corrected chi connectivity index (χ3v) is 5.91. The summed E-state index contributed by atoms with van der Waals surface area (Å²) in [6.45, 7) is 4.69. The molecule has 2 atom stereocenters. The third-order valence-electron chi connectivity index (χ3n) is 5.91. The predicted octanol–water partition coefficient (Wildman–Crippen LogP) is 2.88. The largest absolute Gasteiger partial charge is 0.350 e. The molecule has 0 radical (unpaired) electrons. The van der Waals surface area contributed by atoms with Crippen LogP contribution in [0.2, 0.25) is 0 Å². The zero-order chi connectivity index (χ0) is 21.8. The Morgan fingerprint density at radius 3 is 2.68 bits per heavy atom. The molecule has 1 aliphatic rings. The van der Waals surface area contributed by atoms with Crippen molar-refractivity contribution in [3.8, 4) is 5.82 Å². The molecule has 0 aliphatic carbocycles. The van der Waals surface area contributed by atoms with Gasteiger partial charge >= 0.3 is 0 Å². The van der Waals surface area contributed by atoms with Gasteiger partial charge in [0, 0.05) is 49.6 Å². The number of fused-ring (bicyclic) bond motifs is 1. The molecular formula is C24H27N5O2. The molecule has 160 valence electrons. The van der Waals surface area contributed by atoms with Crippen molar-refractivity contribution in [3.05, 3.63) is 77.7 Å². The van der Waals surface area contributed by atoms with Crippen LogP contribution in [0.15, 0.2) is 61.1 Å². The summed E-state index contributed by atoms with van der Waals surface area (Å²) in [5.41, 5.74) is 3.08. The fraction of sp³-hybridized carbons (Fsp3) is 0.333. The van der Waals surface area contributed by atoms with Crippen LogP contribution in [-0.4, -0.2) is 37.5 Å². The van der Waals surface area contributed by atoms with Crippen molar-refractivity contribution in [2.75, 3.05) is 0 Å². The monoisotopic (exact) mass is 417 g/mol. The molecule has 1 aliphatic heterocycles. The molecule has 0 spiro atoms. The number of hydrogen-bond acceptors (Lipinski definition) is 4.